The molecule has 0 bridgehead atoms. The van der Waals surface area contributed by atoms with Crippen LogP contribution in [0.2, 0.25) is 0 Å². The summed E-state index contributed by atoms with van der Waals surface area (Å²) < 4.78 is 0. The Morgan fingerprint density at radius 1 is 1.05 bits per heavy atom. The molecule has 0 aromatic carbocycles. The maximum absolute atomic E-state index is 12.4. The van der Waals surface area contributed by atoms with Gasteiger partial charge in [-0.05, 0) is 58.5 Å². The zero-order valence-electron chi connectivity index (χ0n) is 12.7. The van der Waals surface area contributed by atoms with E-state index in [1.165, 1.54) is 45.1 Å². The molecule has 2 atom stereocenters. The highest BCUT2D eigenvalue weighted by molar-refractivity contribution is 5.76. The van der Waals surface area contributed by atoms with Crippen molar-refractivity contribution in [3.63, 3.8) is 0 Å². The van der Waals surface area contributed by atoms with Crippen molar-refractivity contribution in [2.24, 2.45) is 0 Å². The number of likely N-dealkylation sites (tertiary alicyclic amines) is 2. The lowest BCUT2D eigenvalue weighted by molar-refractivity contribution is -0.135. The minimum atomic E-state index is 0.408. The zero-order chi connectivity index (χ0) is 13.7. The summed E-state index contributed by atoms with van der Waals surface area (Å²) in [5, 5.41) is 0. The van der Waals surface area contributed by atoms with Crippen molar-refractivity contribution in [2.45, 2.75) is 76.8 Å². The van der Waals surface area contributed by atoms with Crippen LogP contribution in [0.1, 0.15) is 64.7 Å². The van der Waals surface area contributed by atoms with Gasteiger partial charge in [0.05, 0.1) is 0 Å². The van der Waals surface area contributed by atoms with E-state index in [0.29, 0.717) is 18.0 Å². The first-order valence-corrected chi connectivity index (χ1v) is 8.22. The molecule has 110 valence electrons. The molecule has 2 fully saturated rings. The Labute approximate surface area is 118 Å². The quantitative estimate of drug-likeness (QED) is 0.781. The summed E-state index contributed by atoms with van der Waals surface area (Å²) in [5.74, 6) is 0.408. The Balaban J connectivity index is 1.79. The SMILES string of the molecule is CCC1CCCCN1C(=O)CCC1CCCCN1C. The van der Waals surface area contributed by atoms with Gasteiger partial charge in [0.2, 0.25) is 5.91 Å². The zero-order valence-corrected chi connectivity index (χ0v) is 12.7. The smallest absolute Gasteiger partial charge is 0.222 e. The van der Waals surface area contributed by atoms with Crippen molar-refractivity contribution in [2.75, 3.05) is 20.1 Å². The van der Waals surface area contributed by atoms with E-state index in [1.807, 2.05) is 0 Å². The summed E-state index contributed by atoms with van der Waals surface area (Å²) in [6.07, 6.45) is 10.6. The Kier molecular flexibility index (Phi) is 5.68. The molecule has 0 N–H and O–H groups in total. The summed E-state index contributed by atoms with van der Waals surface area (Å²) in [7, 11) is 2.21. The Morgan fingerprint density at radius 2 is 1.74 bits per heavy atom. The fraction of sp³-hybridized carbons (Fsp3) is 0.938. The monoisotopic (exact) mass is 266 g/mol. The van der Waals surface area contributed by atoms with E-state index in [1.54, 1.807) is 0 Å². The van der Waals surface area contributed by atoms with E-state index in [4.69, 9.17) is 0 Å². The molecule has 19 heavy (non-hydrogen) atoms. The Hall–Kier alpha value is -0.570. The first-order valence-electron chi connectivity index (χ1n) is 8.22. The van der Waals surface area contributed by atoms with Crippen molar-refractivity contribution in [1.82, 2.24) is 9.80 Å². The third kappa shape index (κ3) is 3.95. The van der Waals surface area contributed by atoms with Gasteiger partial charge in [0, 0.05) is 25.0 Å². The van der Waals surface area contributed by atoms with Crippen LogP contribution in [-0.2, 0) is 4.79 Å². The van der Waals surface area contributed by atoms with Gasteiger partial charge in [-0.2, -0.15) is 0 Å². The van der Waals surface area contributed by atoms with Crippen molar-refractivity contribution in [3.05, 3.63) is 0 Å². The lowest BCUT2D eigenvalue weighted by atomic mass is 9.96. The molecule has 1 amide bonds. The first-order chi connectivity index (χ1) is 9.22. The van der Waals surface area contributed by atoms with Gasteiger partial charge in [-0.1, -0.05) is 13.3 Å². The molecule has 3 nitrogen and oxygen atoms in total. The van der Waals surface area contributed by atoms with Gasteiger partial charge in [-0.3, -0.25) is 4.79 Å². The molecule has 0 radical (unpaired) electrons. The summed E-state index contributed by atoms with van der Waals surface area (Å²) in [5.41, 5.74) is 0. The van der Waals surface area contributed by atoms with Crippen molar-refractivity contribution < 1.29 is 4.79 Å². The molecule has 0 saturated carbocycles. The second kappa shape index (κ2) is 7.28. The summed E-state index contributed by atoms with van der Waals surface area (Å²) >= 11 is 0. The van der Waals surface area contributed by atoms with Crippen LogP contribution >= 0.6 is 0 Å². The van der Waals surface area contributed by atoms with Crippen LogP contribution in [0.15, 0.2) is 0 Å². The second-order valence-corrected chi connectivity index (χ2v) is 6.31. The predicted octanol–water partition coefficient (Wildman–Crippen LogP) is 3.04. The third-order valence-corrected chi connectivity index (χ3v) is 5.03. The van der Waals surface area contributed by atoms with Crippen LogP contribution in [-0.4, -0.2) is 47.9 Å². The number of piperidine rings is 2. The van der Waals surface area contributed by atoms with Crippen LogP contribution in [0.25, 0.3) is 0 Å². The van der Waals surface area contributed by atoms with Gasteiger partial charge < -0.3 is 9.80 Å². The van der Waals surface area contributed by atoms with Crippen molar-refractivity contribution >= 4 is 5.91 Å². The molecule has 2 aliphatic heterocycles. The predicted molar refractivity (Wildman–Crippen MR) is 79.1 cm³/mol. The van der Waals surface area contributed by atoms with E-state index in [0.717, 1.165) is 25.8 Å². The summed E-state index contributed by atoms with van der Waals surface area (Å²) in [6, 6.07) is 1.16. The Bertz CT molecular complexity index is 292. The molecule has 0 spiro atoms. The van der Waals surface area contributed by atoms with E-state index in [2.05, 4.69) is 23.8 Å². The van der Waals surface area contributed by atoms with Crippen LogP contribution in [0.3, 0.4) is 0 Å². The lowest BCUT2D eigenvalue weighted by Crippen LogP contribution is -2.44. The lowest BCUT2D eigenvalue weighted by Gasteiger charge is -2.37. The minimum Gasteiger partial charge on any atom is -0.340 e. The number of carbonyl (C=O) groups excluding carboxylic acids is 1. The number of rotatable bonds is 4. The van der Waals surface area contributed by atoms with Crippen LogP contribution < -0.4 is 0 Å². The number of hydrogen-bond donors (Lipinski definition) is 0. The van der Waals surface area contributed by atoms with E-state index in [-0.39, 0.29) is 0 Å². The molecule has 3 heteroatoms. The van der Waals surface area contributed by atoms with Gasteiger partial charge in [0.25, 0.3) is 0 Å². The number of nitrogens with zero attached hydrogens (tertiary/aromatic N) is 2. The van der Waals surface area contributed by atoms with E-state index in [9.17, 15) is 4.79 Å². The normalized spacial score (nSPS) is 29.5. The molecule has 2 rings (SSSR count). The second-order valence-electron chi connectivity index (χ2n) is 6.31. The molecule has 2 heterocycles. The van der Waals surface area contributed by atoms with Crippen LogP contribution in [0.5, 0.6) is 0 Å². The third-order valence-electron chi connectivity index (χ3n) is 5.03. The molecular formula is C16H30N2O. The Morgan fingerprint density at radius 3 is 2.42 bits per heavy atom. The van der Waals surface area contributed by atoms with Crippen molar-refractivity contribution in [1.29, 1.82) is 0 Å². The average Bonchev–Trinajstić information content (AvgIpc) is 2.46. The molecule has 0 aromatic rings. The van der Waals surface area contributed by atoms with Crippen LogP contribution in [0.4, 0.5) is 0 Å². The average molecular weight is 266 g/mol. The highest BCUT2D eigenvalue weighted by Crippen LogP contribution is 2.23. The summed E-state index contributed by atoms with van der Waals surface area (Å²) in [6.45, 7) is 4.42. The first kappa shape index (κ1) is 14.8. The molecule has 2 aliphatic rings. The van der Waals surface area contributed by atoms with Gasteiger partial charge >= 0.3 is 0 Å². The molecule has 0 aromatic heterocycles. The highest BCUT2D eigenvalue weighted by atomic mass is 16.2. The summed E-state index contributed by atoms with van der Waals surface area (Å²) in [4.78, 5) is 17.0. The highest BCUT2D eigenvalue weighted by Gasteiger charge is 2.26. The van der Waals surface area contributed by atoms with Gasteiger partial charge in [0.15, 0.2) is 0 Å². The largest absolute Gasteiger partial charge is 0.340 e. The fourth-order valence-corrected chi connectivity index (χ4v) is 3.70. The minimum absolute atomic E-state index is 0.408. The molecule has 2 saturated heterocycles. The maximum Gasteiger partial charge on any atom is 0.222 e. The van der Waals surface area contributed by atoms with Crippen molar-refractivity contribution in [3.8, 4) is 0 Å². The molecule has 2 unspecified atom stereocenters. The van der Waals surface area contributed by atoms with Crippen LogP contribution in [0, 0.1) is 0 Å². The molecular weight excluding hydrogens is 236 g/mol. The molecule has 0 aliphatic carbocycles. The maximum atomic E-state index is 12.4. The number of hydrogen-bond acceptors (Lipinski definition) is 2. The standard InChI is InChI=1S/C16H30N2O/c1-3-14-8-5-7-13-18(14)16(19)11-10-15-9-4-6-12-17(15)2/h14-15H,3-13H2,1-2H3. The van der Waals surface area contributed by atoms with E-state index >= 15 is 0 Å². The fourth-order valence-electron chi connectivity index (χ4n) is 3.70. The number of carbonyl (C=O) groups is 1. The van der Waals surface area contributed by atoms with Gasteiger partial charge in [-0.25, -0.2) is 0 Å². The topological polar surface area (TPSA) is 23.6 Å². The van der Waals surface area contributed by atoms with Gasteiger partial charge in [0.1, 0.15) is 0 Å². The van der Waals surface area contributed by atoms with Gasteiger partial charge in [-0.15, -0.1) is 0 Å². The van der Waals surface area contributed by atoms with E-state index < -0.39 is 0 Å². The number of amides is 1.